The number of hydrogen-bond donors (Lipinski definition) is 1. The number of carbonyl (C=O) groups is 1. The molecule has 0 aliphatic rings. The monoisotopic (exact) mass is 333 g/mol. The van der Waals surface area contributed by atoms with E-state index in [1.165, 1.54) is 0 Å². The van der Waals surface area contributed by atoms with Gasteiger partial charge in [-0.1, -0.05) is 36.4 Å². The van der Waals surface area contributed by atoms with Crippen LogP contribution >= 0.6 is 11.3 Å². The quantitative estimate of drug-likeness (QED) is 0.602. The fraction of sp³-hybridized carbons (Fsp3) is 0.0526. The number of hydrogen-bond acceptors (Lipinski definition) is 3. The molecule has 4 nitrogen and oxygen atoms in total. The standard InChI is InChI=1S/C19H15N3OS/c23-19(21-18-8-4-5-10-20-18)16-12-17-15(9-11-24-17)22(16)13-14-6-2-1-3-7-14/h1-12H,13H2,(H,20,21,23). The van der Waals surface area contributed by atoms with Gasteiger partial charge in [-0.05, 0) is 35.2 Å². The first kappa shape index (κ1) is 14.7. The van der Waals surface area contributed by atoms with E-state index in [0.717, 1.165) is 15.8 Å². The zero-order chi connectivity index (χ0) is 16.4. The minimum atomic E-state index is -0.145. The Hall–Kier alpha value is -2.92. The summed E-state index contributed by atoms with van der Waals surface area (Å²) in [4.78, 5) is 16.9. The van der Waals surface area contributed by atoms with Crippen molar-refractivity contribution in [3.05, 3.63) is 83.5 Å². The van der Waals surface area contributed by atoms with Crippen LogP contribution in [0.2, 0.25) is 0 Å². The van der Waals surface area contributed by atoms with E-state index < -0.39 is 0 Å². The van der Waals surface area contributed by atoms with Gasteiger partial charge in [-0.25, -0.2) is 4.98 Å². The van der Waals surface area contributed by atoms with Crippen LogP contribution in [-0.4, -0.2) is 15.5 Å². The van der Waals surface area contributed by atoms with Crippen molar-refractivity contribution in [2.45, 2.75) is 6.54 Å². The topological polar surface area (TPSA) is 46.9 Å². The molecular weight excluding hydrogens is 318 g/mol. The maximum absolute atomic E-state index is 12.7. The number of carbonyl (C=O) groups excluding carboxylic acids is 1. The molecule has 4 rings (SSSR count). The number of pyridine rings is 1. The first-order valence-corrected chi connectivity index (χ1v) is 8.52. The molecule has 0 aliphatic heterocycles. The van der Waals surface area contributed by atoms with Gasteiger partial charge in [0.2, 0.25) is 0 Å². The van der Waals surface area contributed by atoms with Gasteiger partial charge in [0.15, 0.2) is 0 Å². The van der Waals surface area contributed by atoms with Gasteiger partial charge in [-0.15, -0.1) is 11.3 Å². The Labute approximate surface area is 143 Å². The second-order valence-electron chi connectivity index (χ2n) is 5.44. The molecule has 0 bridgehead atoms. The molecule has 118 valence electrons. The maximum Gasteiger partial charge on any atom is 0.273 e. The fourth-order valence-corrected chi connectivity index (χ4v) is 3.54. The lowest BCUT2D eigenvalue weighted by molar-refractivity contribution is 0.101. The fourth-order valence-electron chi connectivity index (χ4n) is 2.72. The normalized spacial score (nSPS) is 10.8. The van der Waals surface area contributed by atoms with E-state index in [-0.39, 0.29) is 5.91 Å². The van der Waals surface area contributed by atoms with Crippen molar-refractivity contribution in [1.29, 1.82) is 0 Å². The Morgan fingerprint density at radius 2 is 1.92 bits per heavy atom. The molecule has 24 heavy (non-hydrogen) atoms. The molecule has 0 saturated heterocycles. The average molecular weight is 333 g/mol. The molecule has 1 aromatic carbocycles. The van der Waals surface area contributed by atoms with Crippen LogP contribution in [0.3, 0.4) is 0 Å². The maximum atomic E-state index is 12.7. The van der Waals surface area contributed by atoms with Crippen molar-refractivity contribution in [3.63, 3.8) is 0 Å². The van der Waals surface area contributed by atoms with Gasteiger partial charge in [0.05, 0.1) is 10.2 Å². The predicted octanol–water partition coefficient (Wildman–Crippen LogP) is 4.40. The van der Waals surface area contributed by atoms with Crippen LogP contribution in [-0.2, 0) is 6.54 Å². The van der Waals surface area contributed by atoms with E-state index >= 15 is 0 Å². The van der Waals surface area contributed by atoms with Crippen molar-refractivity contribution in [3.8, 4) is 0 Å². The summed E-state index contributed by atoms with van der Waals surface area (Å²) in [6, 6.07) is 19.6. The zero-order valence-corrected chi connectivity index (χ0v) is 13.7. The smallest absolute Gasteiger partial charge is 0.273 e. The predicted molar refractivity (Wildman–Crippen MR) is 97.5 cm³/mol. The van der Waals surface area contributed by atoms with Crippen molar-refractivity contribution >= 4 is 33.3 Å². The van der Waals surface area contributed by atoms with Gasteiger partial charge in [0.1, 0.15) is 11.5 Å². The average Bonchev–Trinajstić information content (AvgIpc) is 3.19. The lowest BCUT2D eigenvalue weighted by Gasteiger charge is -2.10. The summed E-state index contributed by atoms with van der Waals surface area (Å²) < 4.78 is 3.16. The van der Waals surface area contributed by atoms with Crippen LogP contribution in [0.25, 0.3) is 10.2 Å². The minimum Gasteiger partial charge on any atom is -0.331 e. The van der Waals surface area contributed by atoms with Crippen LogP contribution < -0.4 is 5.32 Å². The minimum absolute atomic E-state index is 0.145. The van der Waals surface area contributed by atoms with E-state index in [1.807, 2.05) is 41.8 Å². The molecule has 0 fully saturated rings. The number of anilines is 1. The van der Waals surface area contributed by atoms with Crippen LogP contribution in [0.15, 0.2) is 72.2 Å². The first-order chi connectivity index (χ1) is 11.8. The summed E-state index contributed by atoms with van der Waals surface area (Å²) in [6.07, 6.45) is 1.66. The number of rotatable bonds is 4. The highest BCUT2D eigenvalue weighted by Gasteiger charge is 2.17. The number of benzene rings is 1. The third-order valence-corrected chi connectivity index (χ3v) is 4.70. The summed E-state index contributed by atoms with van der Waals surface area (Å²) in [6.45, 7) is 0.659. The second-order valence-corrected chi connectivity index (χ2v) is 6.39. The number of aromatic nitrogens is 2. The van der Waals surface area contributed by atoms with Crippen molar-refractivity contribution < 1.29 is 4.79 Å². The Bertz CT molecular complexity index is 974. The van der Waals surface area contributed by atoms with Gasteiger partial charge >= 0.3 is 0 Å². The Morgan fingerprint density at radius 1 is 1.08 bits per heavy atom. The molecule has 3 aromatic heterocycles. The van der Waals surface area contributed by atoms with E-state index in [1.54, 1.807) is 23.6 Å². The highest BCUT2D eigenvalue weighted by molar-refractivity contribution is 7.17. The third-order valence-electron chi connectivity index (χ3n) is 3.85. The molecule has 0 unspecified atom stereocenters. The van der Waals surface area contributed by atoms with Crippen molar-refractivity contribution in [1.82, 2.24) is 9.55 Å². The number of fused-ring (bicyclic) bond motifs is 1. The Morgan fingerprint density at radius 3 is 2.71 bits per heavy atom. The SMILES string of the molecule is O=C(Nc1ccccn1)c1cc2sccc2n1Cc1ccccc1. The zero-order valence-electron chi connectivity index (χ0n) is 12.8. The summed E-state index contributed by atoms with van der Waals surface area (Å²) in [5.41, 5.74) is 2.88. The first-order valence-electron chi connectivity index (χ1n) is 7.64. The number of thiophene rings is 1. The third kappa shape index (κ3) is 2.81. The molecule has 3 heterocycles. The Balaban J connectivity index is 1.71. The van der Waals surface area contributed by atoms with E-state index in [0.29, 0.717) is 18.1 Å². The summed E-state index contributed by atoms with van der Waals surface area (Å²) >= 11 is 1.64. The number of nitrogens with one attached hydrogen (secondary N) is 1. The Kier molecular flexibility index (Phi) is 3.84. The molecular formula is C19H15N3OS. The van der Waals surface area contributed by atoms with E-state index in [9.17, 15) is 4.79 Å². The number of amides is 1. The van der Waals surface area contributed by atoms with Gasteiger partial charge in [0.25, 0.3) is 5.91 Å². The lowest BCUT2D eigenvalue weighted by atomic mass is 10.2. The van der Waals surface area contributed by atoms with Crippen LogP contribution in [0.1, 0.15) is 16.1 Å². The van der Waals surface area contributed by atoms with E-state index in [2.05, 4.69) is 33.1 Å². The number of nitrogens with zero attached hydrogens (tertiary/aromatic N) is 2. The van der Waals surface area contributed by atoms with Crippen molar-refractivity contribution in [2.24, 2.45) is 0 Å². The van der Waals surface area contributed by atoms with Gasteiger partial charge in [0, 0.05) is 12.7 Å². The van der Waals surface area contributed by atoms with E-state index in [4.69, 9.17) is 0 Å². The van der Waals surface area contributed by atoms with Crippen LogP contribution in [0, 0.1) is 0 Å². The van der Waals surface area contributed by atoms with Gasteiger partial charge in [-0.3, -0.25) is 4.79 Å². The summed E-state index contributed by atoms with van der Waals surface area (Å²) in [5, 5.41) is 4.92. The molecule has 0 saturated carbocycles. The molecule has 1 amide bonds. The van der Waals surface area contributed by atoms with Crippen LogP contribution in [0.5, 0.6) is 0 Å². The molecule has 4 aromatic rings. The molecule has 0 radical (unpaired) electrons. The molecule has 1 N–H and O–H groups in total. The lowest BCUT2D eigenvalue weighted by Crippen LogP contribution is -2.18. The summed E-state index contributed by atoms with van der Waals surface area (Å²) in [5.74, 6) is 0.409. The molecule has 0 atom stereocenters. The van der Waals surface area contributed by atoms with Crippen molar-refractivity contribution in [2.75, 3.05) is 5.32 Å². The molecule has 0 spiro atoms. The second kappa shape index (κ2) is 6.29. The van der Waals surface area contributed by atoms with Crippen LogP contribution in [0.4, 0.5) is 5.82 Å². The molecule has 0 aliphatic carbocycles. The highest BCUT2D eigenvalue weighted by Crippen LogP contribution is 2.26. The molecule has 5 heteroatoms. The summed E-state index contributed by atoms with van der Waals surface area (Å²) in [7, 11) is 0. The van der Waals surface area contributed by atoms with Gasteiger partial charge < -0.3 is 9.88 Å². The van der Waals surface area contributed by atoms with Gasteiger partial charge in [-0.2, -0.15) is 0 Å². The largest absolute Gasteiger partial charge is 0.331 e. The highest BCUT2D eigenvalue weighted by atomic mass is 32.1.